The van der Waals surface area contributed by atoms with Crippen LogP contribution in [0.3, 0.4) is 0 Å². The second-order valence-electron chi connectivity index (χ2n) is 4.90. The van der Waals surface area contributed by atoms with E-state index in [0.29, 0.717) is 0 Å². The molecule has 0 radical (unpaired) electrons. The minimum atomic E-state index is -0.928. The molecule has 9 heteroatoms. The van der Waals surface area contributed by atoms with Crippen LogP contribution in [0.4, 0.5) is 10.1 Å². The molecule has 0 aliphatic carbocycles. The lowest BCUT2D eigenvalue weighted by Crippen LogP contribution is -2.28. The quantitative estimate of drug-likeness (QED) is 0.652. The number of rotatable bonds is 4. The van der Waals surface area contributed by atoms with Crippen molar-refractivity contribution in [1.29, 1.82) is 5.26 Å². The molecule has 122 valence electrons. The van der Waals surface area contributed by atoms with Crippen molar-refractivity contribution in [2.45, 2.75) is 13.0 Å². The number of hydrogen-bond acceptors (Lipinski definition) is 5. The van der Waals surface area contributed by atoms with E-state index in [1.807, 2.05) is 0 Å². The van der Waals surface area contributed by atoms with Gasteiger partial charge in [-0.3, -0.25) is 19.7 Å². The second-order valence-corrected chi connectivity index (χ2v) is 4.90. The Morgan fingerprint density at radius 3 is 2.75 bits per heavy atom. The van der Waals surface area contributed by atoms with Crippen molar-refractivity contribution in [3.8, 4) is 6.07 Å². The smallest absolute Gasteiger partial charge is 0.334 e. The zero-order valence-electron chi connectivity index (χ0n) is 12.4. The molecule has 0 saturated carbocycles. The van der Waals surface area contributed by atoms with Gasteiger partial charge in [-0.1, -0.05) is 6.07 Å². The molecule has 2 aromatic rings. The molecule has 0 bridgehead atoms. The minimum absolute atomic E-state index is 0.137. The Hall–Kier alpha value is -3.54. The fraction of sp³-hybridized carbons (Fsp3) is 0.133. The monoisotopic (exact) mass is 330 g/mol. The molecule has 1 amide bonds. The lowest BCUT2D eigenvalue weighted by atomic mass is 10.1. The van der Waals surface area contributed by atoms with Crippen LogP contribution in [0.2, 0.25) is 0 Å². The maximum atomic E-state index is 13.9. The van der Waals surface area contributed by atoms with Crippen LogP contribution in [0, 0.1) is 27.3 Å². The van der Waals surface area contributed by atoms with Crippen molar-refractivity contribution in [2.75, 3.05) is 0 Å². The number of nitro groups is 1. The van der Waals surface area contributed by atoms with Crippen LogP contribution in [-0.2, 0) is 0 Å². The molecule has 1 atom stereocenters. The molecule has 0 aliphatic rings. The number of benzene rings is 1. The number of hydrogen-bond donors (Lipinski definition) is 2. The summed E-state index contributed by atoms with van der Waals surface area (Å²) in [6.07, 6.45) is 1.03. The molecule has 1 aromatic heterocycles. The standard InChI is InChI=1S/C15H11FN4O4/c1-8(11-3-2-9(6-17)4-12(11)16)19-14(21)10-5-13(20(23)24)15(22)18-7-10/h2-5,7-8H,1H3,(H,18,22)(H,19,21)/t8-/m1/s1. The Morgan fingerprint density at radius 1 is 1.46 bits per heavy atom. The van der Waals surface area contributed by atoms with Gasteiger partial charge in [0.1, 0.15) is 5.82 Å². The highest BCUT2D eigenvalue weighted by Gasteiger charge is 2.19. The molecule has 0 aliphatic heterocycles. The topological polar surface area (TPSA) is 129 Å². The molecule has 2 N–H and O–H groups in total. The first-order chi connectivity index (χ1) is 11.3. The summed E-state index contributed by atoms with van der Waals surface area (Å²) in [6, 6.07) is 5.71. The van der Waals surface area contributed by atoms with Gasteiger partial charge in [-0.05, 0) is 19.1 Å². The van der Waals surface area contributed by atoms with Crippen molar-refractivity contribution in [3.05, 3.63) is 73.4 Å². The zero-order chi connectivity index (χ0) is 17.9. The van der Waals surface area contributed by atoms with E-state index in [0.717, 1.165) is 18.3 Å². The van der Waals surface area contributed by atoms with Gasteiger partial charge in [-0.25, -0.2) is 4.39 Å². The molecular formula is C15H11FN4O4. The first-order valence-electron chi connectivity index (χ1n) is 6.71. The van der Waals surface area contributed by atoms with Crippen LogP contribution in [0.15, 0.2) is 35.3 Å². The molecule has 24 heavy (non-hydrogen) atoms. The number of pyridine rings is 1. The highest BCUT2D eigenvalue weighted by atomic mass is 19.1. The third-order valence-electron chi connectivity index (χ3n) is 3.29. The SMILES string of the molecule is C[C@@H](NC(=O)c1c[nH]c(=O)c([N+](=O)[O-])c1)c1ccc(C#N)cc1F. The Morgan fingerprint density at radius 2 is 2.17 bits per heavy atom. The normalized spacial score (nSPS) is 11.4. The van der Waals surface area contributed by atoms with Gasteiger partial charge in [0, 0.05) is 17.8 Å². The maximum absolute atomic E-state index is 13.9. The van der Waals surface area contributed by atoms with E-state index in [1.165, 1.54) is 19.1 Å². The molecular weight excluding hydrogens is 319 g/mol. The lowest BCUT2D eigenvalue weighted by Gasteiger charge is -2.15. The van der Waals surface area contributed by atoms with Crippen LogP contribution in [0.25, 0.3) is 0 Å². The Balaban J connectivity index is 2.24. The summed E-state index contributed by atoms with van der Waals surface area (Å²) in [6.45, 7) is 1.52. The number of aromatic nitrogens is 1. The Bertz CT molecular complexity index is 916. The molecule has 1 aromatic carbocycles. The fourth-order valence-electron chi connectivity index (χ4n) is 2.04. The average molecular weight is 330 g/mol. The predicted molar refractivity (Wildman–Crippen MR) is 80.7 cm³/mol. The van der Waals surface area contributed by atoms with Crippen molar-refractivity contribution < 1.29 is 14.1 Å². The lowest BCUT2D eigenvalue weighted by molar-refractivity contribution is -0.386. The van der Waals surface area contributed by atoms with Gasteiger partial charge in [0.25, 0.3) is 5.91 Å². The van der Waals surface area contributed by atoms with E-state index in [1.54, 1.807) is 6.07 Å². The van der Waals surface area contributed by atoms with Crippen molar-refractivity contribution in [3.63, 3.8) is 0 Å². The van der Waals surface area contributed by atoms with Crippen LogP contribution < -0.4 is 10.9 Å². The van der Waals surface area contributed by atoms with Crippen LogP contribution >= 0.6 is 0 Å². The van der Waals surface area contributed by atoms with E-state index in [-0.39, 0.29) is 16.7 Å². The largest absolute Gasteiger partial charge is 0.345 e. The third-order valence-corrected chi connectivity index (χ3v) is 3.29. The number of aromatic amines is 1. The molecule has 0 fully saturated rings. The number of halogens is 1. The number of H-pyrrole nitrogens is 1. The molecule has 2 rings (SSSR count). The fourth-order valence-corrected chi connectivity index (χ4v) is 2.04. The number of nitriles is 1. The molecule has 1 heterocycles. The van der Waals surface area contributed by atoms with Crippen LogP contribution in [0.5, 0.6) is 0 Å². The molecule has 0 unspecified atom stereocenters. The first kappa shape index (κ1) is 16.8. The van der Waals surface area contributed by atoms with Crippen LogP contribution in [-0.4, -0.2) is 15.8 Å². The van der Waals surface area contributed by atoms with Gasteiger partial charge >= 0.3 is 11.2 Å². The minimum Gasteiger partial charge on any atom is -0.345 e. The van der Waals surface area contributed by atoms with Gasteiger partial charge in [-0.2, -0.15) is 5.26 Å². The third kappa shape index (κ3) is 3.44. The van der Waals surface area contributed by atoms with Crippen molar-refractivity contribution in [1.82, 2.24) is 10.3 Å². The molecule has 8 nitrogen and oxygen atoms in total. The number of nitrogens with one attached hydrogen (secondary N) is 2. The summed E-state index contributed by atoms with van der Waals surface area (Å²) in [5, 5.41) is 21.9. The summed E-state index contributed by atoms with van der Waals surface area (Å²) < 4.78 is 13.9. The zero-order valence-corrected chi connectivity index (χ0v) is 12.4. The van der Waals surface area contributed by atoms with Crippen molar-refractivity contribution in [2.24, 2.45) is 0 Å². The predicted octanol–water partition coefficient (Wildman–Crippen LogP) is 1.78. The first-order valence-corrected chi connectivity index (χ1v) is 6.71. The number of amides is 1. The van der Waals surface area contributed by atoms with E-state index < -0.39 is 33.9 Å². The van der Waals surface area contributed by atoms with Crippen LogP contribution in [0.1, 0.15) is 34.5 Å². The van der Waals surface area contributed by atoms with Crippen molar-refractivity contribution >= 4 is 11.6 Å². The second kappa shape index (κ2) is 6.70. The molecule has 0 spiro atoms. The van der Waals surface area contributed by atoms with E-state index in [9.17, 15) is 24.1 Å². The summed E-state index contributed by atoms with van der Waals surface area (Å²) >= 11 is 0. The highest BCUT2D eigenvalue weighted by molar-refractivity contribution is 5.94. The summed E-state index contributed by atoms with van der Waals surface area (Å²) in [7, 11) is 0. The number of carbonyl (C=O) groups excluding carboxylic acids is 1. The Kier molecular flexibility index (Phi) is 4.70. The summed E-state index contributed by atoms with van der Waals surface area (Å²) in [4.78, 5) is 35.3. The van der Waals surface area contributed by atoms with E-state index >= 15 is 0 Å². The van der Waals surface area contributed by atoms with Gasteiger partial charge in [0.2, 0.25) is 0 Å². The molecule has 0 saturated heterocycles. The number of carbonyl (C=O) groups is 1. The van der Waals surface area contributed by atoms with Gasteiger partial charge < -0.3 is 10.3 Å². The Labute approximate surface area is 134 Å². The number of nitrogens with zero attached hydrogens (tertiary/aromatic N) is 2. The maximum Gasteiger partial charge on any atom is 0.334 e. The van der Waals surface area contributed by atoms with Gasteiger partial charge in [-0.15, -0.1) is 0 Å². The summed E-state index contributed by atoms with van der Waals surface area (Å²) in [5.41, 5.74) is -1.53. The highest BCUT2D eigenvalue weighted by Crippen LogP contribution is 2.18. The van der Waals surface area contributed by atoms with E-state index in [2.05, 4.69) is 10.3 Å². The summed E-state index contributed by atoms with van der Waals surface area (Å²) in [5.74, 6) is -1.38. The van der Waals surface area contributed by atoms with Gasteiger partial charge in [0.05, 0.1) is 28.2 Å². The average Bonchev–Trinajstić information content (AvgIpc) is 2.54. The van der Waals surface area contributed by atoms with Gasteiger partial charge in [0.15, 0.2) is 0 Å². The van der Waals surface area contributed by atoms with E-state index in [4.69, 9.17) is 5.26 Å².